The molecule has 7 heteroatoms. The van der Waals surface area contributed by atoms with Gasteiger partial charge in [-0.05, 0) is 56.3 Å². The molecule has 2 aromatic carbocycles. The van der Waals surface area contributed by atoms with Crippen molar-refractivity contribution >= 4 is 11.9 Å². The number of rotatable bonds is 3. The summed E-state index contributed by atoms with van der Waals surface area (Å²) >= 11 is 0. The van der Waals surface area contributed by atoms with Crippen molar-refractivity contribution in [3.63, 3.8) is 0 Å². The summed E-state index contributed by atoms with van der Waals surface area (Å²) in [5, 5.41) is 10.5. The van der Waals surface area contributed by atoms with E-state index in [1.54, 1.807) is 66.9 Å². The van der Waals surface area contributed by atoms with Crippen LogP contribution in [0.2, 0.25) is 0 Å². The maximum Gasteiger partial charge on any atom is 0.363 e. The van der Waals surface area contributed by atoms with Gasteiger partial charge in [0.2, 0.25) is 0 Å². The summed E-state index contributed by atoms with van der Waals surface area (Å²) in [4.78, 5) is 36.1. The van der Waals surface area contributed by atoms with Crippen LogP contribution < -0.4 is 4.74 Å². The van der Waals surface area contributed by atoms with E-state index in [9.17, 15) is 14.9 Å². The van der Waals surface area contributed by atoms with Crippen LogP contribution in [-0.4, -0.2) is 27.5 Å². The molecule has 0 radical (unpaired) electrons. The lowest BCUT2D eigenvalue weighted by molar-refractivity contribution is -0.124. The lowest BCUT2D eigenvalue weighted by Gasteiger charge is -2.41. The van der Waals surface area contributed by atoms with Crippen molar-refractivity contribution in [1.82, 2.24) is 10.0 Å². The Bertz CT molecular complexity index is 1190. The predicted molar refractivity (Wildman–Crippen MR) is 115 cm³/mol. The molecule has 4 rings (SSSR count). The van der Waals surface area contributed by atoms with Crippen LogP contribution in [0, 0.1) is 11.3 Å². The molecule has 1 unspecified atom stereocenters. The zero-order valence-corrected chi connectivity index (χ0v) is 17.7. The van der Waals surface area contributed by atoms with Crippen LogP contribution in [0.3, 0.4) is 0 Å². The second-order valence-electron chi connectivity index (χ2n) is 8.06. The molecule has 0 aliphatic carbocycles. The van der Waals surface area contributed by atoms with Crippen LogP contribution in [0.4, 0.5) is 0 Å². The summed E-state index contributed by atoms with van der Waals surface area (Å²) in [6.45, 7) is 3.79. The fourth-order valence-electron chi connectivity index (χ4n) is 3.67. The van der Waals surface area contributed by atoms with Gasteiger partial charge in [-0.15, -0.1) is 0 Å². The number of benzene rings is 2. The van der Waals surface area contributed by atoms with Crippen LogP contribution in [-0.2, 0) is 4.84 Å². The van der Waals surface area contributed by atoms with E-state index < -0.39 is 23.5 Å². The fraction of sp³-hybridized carbons (Fsp3) is 0.200. The maximum absolute atomic E-state index is 13.5. The van der Waals surface area contributed by atoms with Crippen LogP contribution in [0.5, 0.6) is 5.75 Å². The number of carbonyl (C=O) groups excluding carboxylic acids is 2. The maximum atomic E-state index is 13.5. The van der Waals surface area contributed by atoms with E-state index >= 15 is 0 Å². The largest absolute Gasteiger partial charge is 0.487 e. The van der Waals surface area contributed by atoms with Crippen LogP contribution in [0.1, 0.15) is 58.2 Å². The van der Waals surface area contributed by atoms with Gasteiger partial charge in [-0.2, -0.15) is 10.3 Å². The Morgan fingerprint density at radius 3 is 2.56 bits per heavy atom. The number of amides is 1. The third-order valence-corrected chi connectivity index (χ3v) is 5.15. The van der Waals surface area contributed by atoms with Gasteiger partial charge in [0.05, 0.1) is 22.8 Å². The molecule has 0 fully saturated rings. The summed E-state index contributed by atoms with van der Waals surface area (Å²) in [7, 11) is 0. The normalized spacial score (nSPS) is 16.1. The van der Waals surface area contributed by atoms with Gasteiger partial charge >= 0.3 is 5.97 Å². The third-order valence-electron chi connectivity index (χ3n) is 5.15. The number of ether oxygens (including phenoxy) is 1. The van der Waals surface area contributed by atoms with Gasteiger partial charge < -0.3 is 9.57 Å². The molecule has 160 valence electrons. The molecule has 32 heavy (non-hydrogen) atoms. The van der Waals surface area contributed by atoms with Crippen molar-refractivity contribution in [2.75, 3.05) is 0 Å². The van der Waals surface area contributed by atoms with Crippen molar-refractivity contribution in [3.8, 4) is 11.8 Å². The Balaban J connectivity index is 1.80. The number of pyridine rings is 1. The summed E-state index contributed by atoms with van der Waals surface area (Å²) in [6.07, 6.45) is 3.33. The second-order valence-corrected chi connectivity index (χ2v) is 8.06. The average molecular weight is 427 g/mol. The average Bonchev–Trinajstić information content (AvgIpc) is 2.82. The quantitative estimate of drug-likeness (QED) is 0.573. The Kier molecular flexibility index (Phi) is 5.61. The number of nitriles is 1. The van der Waals surface area contributed by atoms with Gasteiger partial charge in [-0.1, -0.05) is 18.2 Å². The molecule has 0 saturated carbocycles. The monoisotopic (exact) mass is 427 g/mol. The highest BCUT2D eigenvalue weighted by Crippen LogP contribution is 2.43. The van der Waals surface area contributed by atoms with Gasteiger partial charge in [0, 0.05) is 24.4 Å². The van der Waals surface area contributed by atoms with Crippen molar-refractivity contribution in [2.24, 2.45) is 0 Å². The molecule has 7 nitrogen and oxygen atoms in total. The summed E-state index contributed by atoms with van der Waals surface area (Å²) in [5.74, 6) is -0.645. The van der Waals surface area contributed by atoms with E-state index in [2.05, 4.69) is 11.1 Å². The molecule has 0 bridgehead atoms. The molecule has 1 aliphatic rings. The molecular formula is C25H21N3O4. The first kappa shape index (κ1) is 21.1. The summed E-state index contributed by atoms with van der Waals surface area (Å²) < 4.78 is 6.07. The first-order valence-electron chi connectivity index (χ1n) is 10.1. The first-order chi connectivity index (χ1) is 15.4. The smallest absolute Gasteiger partial charge is 0.363 e. The summed E-state index contributed by atoms with van der Waals surface area (Å²) in [6, 6.07) is 18.2. The van der Waals surface area contributed by atoms with Gasteiger partial charge in [-0.25, -0.2) is 4.79 Å². The Morgan fingerprint density at radius 1 is 1.12 bits per heavy atom. The molecule has 1 aromatic heterocycles. The highest BCUT2D eigenvalue weighted by Gasteiger charge is 2.41. The highest BCUT2D eigenvalue weighted by atomic mass is 16.7. The summed E-state index contributed by atoms with van der Waals surface area (Å²) in [5.41, 5.74) is 0.962. The lowest BCUT2D eigenvalue weighted by atomic mass is 9.88. The number of nitrogens with zero attached hydrogens (tertiary/aromatic N) is 3. The molecule has 0 spiro atoms. The number of hydrogen-bond acceptors (Lipinski definition) is 6. The minimum Gasteiger partial charge on any atom is -0.487 e. The molecule has 1 amide bonds. The lowest BCUT2D eigenvalue weighted by Crippen LogP contribution is -2.44. The Hall–Kier alpha value is -4.18. The molecule has 0 saturated heterocycles. The predicted octanol–water partition coefficient (Wildman–Crippen LogP) is 4.47. The van der Waals surface area contributed by atoms with Gasteiger partial charge in [0.25, 0.3) is 5.91 Å². The zero-order chi connectivity index (χ0) is 22.7. The van der Waals surface area contributed by atoms with E-state index in [1.807, 2.05) is 13.8 Å². The number of carbonyl (C=O) groups is 2. The van der Waals surface area contributed by atoms with E-state index in [4.69, 9.17) is 9.57 Å². The number of fused-ring (bicyclic) bond motifs is 1. The van der Waals surface area contributed by atoms with Crippen molar-refractivity contribution in [1.29, 1.82) is 5.26 Å². The topological polar surface area (TPSA) is 92.5 Å². The number of hydrogen-bond donors (Lipinski definition) is 0. The Labute approximate surface area is 185 Å². The van der Waals surface area contributed by atoms with Crippen LogP contribution in [0.25, 0.3) is 0 Å². The van der Waals surface area contributed by atoms with E-state index in [1.165, 1.54) is 6.20 Å². The molecule has 1 atom stereocenters. The van der Waals surface area contributed by atoms with E-state index in [0.29, 0.717) is 28.9 Å². The van der Waals surface area contributed by atoms with Crippen molar-refractivity contribution in [3.05, 3.63) is 95.3 Å². The van der Waals surface area contributed by atoms with Crippen LogP contribution >= 0.6 is 0 Å². The molecular weight excluding hydrogens is 406 g/mol. The fourth-order valence-corrected chi connectivity index (χ4v) is 3.67. The zero-order valence-electron chi connectivity index (χ0n) is 17.7. The number of aromatic nitrogens is 1. The molecule has 0 N–H and O–H groups in total. The van der Waals surface area contributed by atoms with E-state index in [0.717, 1.165) is 5.06 Å². The van der Waals surface area contributed by atoms with Gasteiger partial charge in [0.1, 0.15) is 17.4 Å². The van der Waals surface area contributed by atoms with Gasteiger partial charge in [-0.3, -0.25) is 9.78 Å². The number of hydroxylamine groups is 2. The van der Waals surface area contributed by atoms with Crippen LogP contribution in [0.15, 0.2) is 73.1 Å². The second kappa shape index (κ2) is 8.52. The minimum absolute atomic E-state index is 0.274. The molecule has 2 heterocycles. The van der Waals surface area contributed by atoms with Gasteiger partial charge in [0.15, 0.2) is 0 Å². The minimum atomic E-state index is -0.664. The van der Waals surface area contributed by atoms with Crippen molar-refractivity contribution in [2.45, 2.75) is 31.9 Å². The molecule has 1 aliphatic heterocycles. The third kappa shape index (κ3) is 4.30. The standard InChI is InChI=1S/C25H21N3O4/c1-25(2)14-21(20-13-17(15-26)10-11-22(20)31-25)28(23(29)19-9-6-12-27-16-19)32-24(30)18-7-4-3-5-8-18/h3-13,16,21H,14H2,1-2H3. The van der Waals surface area contributed by atoms with E-state index in [-0.39, 0.29) is 5.56 Å². The molecule has 3 aromatic rings. The Morgan fingerprint density at radius 2 is 1.88 bits per heavy atom. The van der Waals surface area contributed by atoms with Crippen molar-refractivity contribution < 1.29 is 19.2 Å². The highest BCUT2D eigenvalue weighted by molar-refractivity contribution is 5.96. The first-order valence-corrected chi connectivity index (χ1v) is 10.1. The SMILES string of the molecule is CC1(C)CC(N(OC(=O)c2ccccc2)C(=O)c2cccnc2)c2cc(C#N)ccc2O1.